The van der Waals surface area contributed by atoms with Gasteiger partial charge in [0.15, 0.2) is 12.0 Å². The first-order chi connectivity index (χ1) is 8.31. The van der Waals surface area contributed by atoms with Crippen molar-refractivity contribution in [2.24, 2.45) is 0 Å². The van der Waals surface area contributed by atoms with Crippen molar-refractivity contribution in [3.63, 3.8) is 0 Å². The molecule has 0 amide bonds. The minimum atomic E-state index is 0.325. The van der Waals surface area contributed by atoms with Crippen molar-refractivity contribution in [2.45, 2.75) is 20.0 Å². The van der Waals surface area contributed by atoms with E-state index in [1.807, 2.05) is 18.2 Å². The number of benzene rings is 1. The molecule has 17 heavy (non-hydrogen) atoms. The van der Waals surface area contributed by atoms with E-state index >= 15 is 0 Å². The summed E-state index contributed by atoms with van der Waals surface area (Å²) in [6, 6.07) is 11.3. The van der Waals surface area contributed by atoms with Crippen LogP contribution in [0.4, 0.5) is 0 Å². The Morgan fingerprint density at radius 2 is 2.18 bits per heavy atom. The molecule has 2 rings (SSSR count). The van der Waals surface area contributed by atoms with Gasteiger partial charge in [-0.2, -0.15) is 0 Å². The predicted octanol–water partition coefficient (Wildman–Crippen LogP) is 3.23. The Balaban J connectivity index is 1.99. The average molecular weight is 230 g/mol. The number of furan rings is 1. The van der Waals surface area contributed by atoms with Gasteiger partial charge in [0.05, 0.1) is 0 Å². The molecule has 0 saturated heterocycles. The number of rotatable bonds is 5. The molecule has 2 aromatic rings. The van der Waals surface area contributed by atoms with E-state index in [0.717, 1.165) is 12.2 Å². The van der Waals surface area contributed by atoms with Gasteiger partial charge in [0, 0.05) is 0 Å². The van der Waals surface area contributed by atoms with Crippen LogP contribution in [0.1, 0.15) is 28.8 Å². The summed E-state index contributed by atoms with van der Waals surface area (Å²) in [5, 5.41) is 0. The van der Waals surface area contributed by atoms with Crippen molar-refractivity contribution in [1.29, 1.82) is 0 Å². The highest BCUT2D eigenvalue weighted by Crippen LogP contribution is 2.16. The van der Waals surface area contributed by atoms with Crippen LogP contribution in [0.25, 0.3) is 0 Å². The van der Waals surface area contributed by atoms with E-state index in [-0.39, 0.29) is 0 Å². The molecule has 1 aromatic carbocycles. The fourth-order valence-electron chi connectivity index (χ4n) is 1.55. The number of carbonyl (C=O) groups is 1. The summed E-state index contributed by atoms with van der Waals surface area (Å²) in [6.07, 6.45) is 1.66. The number of aldehydes is 1. The van der Waals surface area contributed by atoms with Gasteiger partial charge in [0.25, 0.3) is 0 Å². The van der Waals surface area contributed by atoms with Crippen molar-refractivity contribution in [1.82, 2.24) is 0 Å². The third kappa shape index (κ3) is 2.97. The summed E-state index contributed by atoms with van der Waals surface area (Å²) in [6.45, 7) is 2.43. The van der Waals surface area contributed by atoms with Gasteiger partial charge < -0.3 is 9.15 Å². The number of carbonyl (C=O) groups excluding carboxylic acids is 1. The largest absolute Gasteiger partial charge is 0.486 e. The Morgan fingerprint density at radius 1 is 1.29 bits per heavy atom. The van der Waals surface area contributed by atoms with Crippen molar-refractivity contribution >= 4 is 6.29 Å². The van der Waals surface area contributed by atoms with E-state index in [2.05, 4.69) is 13.0 Å². The van der Waals surface area contributed by atoms with E-state index in [0.29, 0.717) is 24.4 Å². The van der Waals surface area contributed by atoms with Crippen LogP contribution in [-0.4, -0.2) is 6.29 Å². The fraction of sp³-hybridized carbons (Fsp3) is 0.214. The molecule has 88 valence electrons. The maximum atomic E-state index is 10.4. The molecule has 0 unspecified atom stereocenters. The van der Waals surface area contributed by atoms with Gasteiger partial charge in [-0.1, -0.05) is 19.1 Å². The second-order valence-corrected chi connectivity index (χ2v) is 3.71. The molecule has 0 aliphatic rings. The molecule has 1 aromatic heterocycles. The average Bonchev–Trinajstić information content (AvgIpc) is 2.84. The molecule has 0 spiro atoms. The highest BCUT2D eigenvalue weighted by Gasteiger charge is 2.02. The molecule has 0 N–H and O–H groups in total. The number of hydrogen-bond acceptors (Lipinski definition) is 3. The highest BCUT2D eigenvalue weighted by atomic mass is 16.5. The van der Waals surface area contributed by atoms with E-state index < -0.39 is 0 Å². The van der Waals surface area contributed by atoms with E-state index in [4.69, 9.17) is 9.15 Å². The lowest BCUT2D eigenvalue weighted by atomic mass is 10.2. The van der Waals surface area contributed by atoms with Crippen molar-refractivity contribution in [3.8, 4) is 5.75 Å². The SMILES string of the molecule is CCc1cccc(OCc2ccc(C=O)o2)c1. The molecule has 0 radical (unpaired) electrons. The van der Waals surface area contributed by atoms with Crippen LogP contribution in [0.2, 0.25) is 0 Å². The molecule has 3 heteroatoms. The van der Waals surface area contributed by atoms with Gasteiger partial charge in [-0.3, -0.25) is 4.79 Å². The molecular weight excluding hydrogens is 216 g/mol. The van der Waals surface area contributed by atoms with E-state index in [1.54, 1.807) is 12.1 Å². The third-order valence-electron chi connectivity index (χ3n) is 2.49. The Morgan fingerprint density at radius 3 is 2.88 bits per heavy atom. The lowest BCUT2D eigenvalue weighted by Gasteiger charge is -2.05. The van der Waals surface area contributed by atoms with Crippen LogP contribution in [0.3, 0.4) is 0 Å². The van der Waals surface area contributed by atoms with Crippen LogP contribution < -0.4 is 4.74 Å². The summed E-state index contributed by atoms with van der Waals surface area (Å²) in [5.41, 5.74) is 1.23. The third-order valence-corrected chi connectivity index (χ3v) is 2.49. The second kappa shape index (κ2) is 5.34. The van der Waals surface area contributed by atoms with Gasteiger partial charge in [-0.15, -0.1) is 0 Å². The first-order valence-corrected chi connectivity index (χ1v) is 5.57. The zero-order valence-corrected chi connectivity index (χ0v) is 9.68. The minimum absolute atomic E-state index is 0.325. The Bertz CT molecular complexity index is 500. The van der Waals surface area contributed by atoms with Gasteiger partial charge in [0.1, 0.15) is 18.1 Å². The Labute approximate surface area is 100 Å². The van der Waals surface area contributed by atoms with Crippen LogP contribution in [0.5, 0.6) is 5.75 Å². The highest BCUT2D eigenvalue weighted by molar-refractivity contribution is 5.70. The van der Waals surface area contributed by atoms with Gasteiger partial charge in [-0.05, 0) is 36.2 Å². The lowest BCUT2D eigenvalue weighted by Crippen LogP contribution is -1.94. The summed E-state index contributed by atoms with van der Waals surface area (Å²) in [4.78, 5) is 10.4. The standard InChI is InChI=1S/C14H14O3/c1-2-11-4-3-5-12(8-11)16-10-14-7-6-13(9-15)17-14/h3-9H,2,10H2,1H3. The Hall–Kier alpha value is -2.03. The van der Waals surface area contributed by atoms with Gasteiger partial charge in [-0.25, -0.2) is 0 Å². The number of ether oxygens (including phenoxy) is 1. The molecule has 0 saturated carbocycles. The Kier molecular flexibility index (Phi) is 3.60. The summed E-state index contributed by atoms with van der Waals surface area (Å²) >= 11 is 0. The molecular formula is C14H14O3. The predicted molar refractivity (Wildman–Crippen MR) is 64.2 cm³/mol. The summed E-state index contributed by atoms with van der Waals surface area (Å²) in [5.74, 6) is 1.79. The molecule has 0 aliphatic carbocycles. The first kappa shape index (κ1) is 11.5. The van der Waals surface area contributed by atoms with Crippen LogP contribution >= 0.6 is 0 Å². The lowest BCUT2D eigenvalue weighted by molar-refractivity contribution is 0.109. The van der Waals surface area contributed by atoms with E-state index in [9.17, 15) is 4.79 Å². The van der Waals surface area contributed by atoms with Crippen LogP contribution in [0.15, 0.2) is 40.8 Å². The van der Waals surface area contributed by atoms with E-state index in [1.165, 1.54) is 5.56 Å². The smallest absolute Gasteiger partial charge is 0.185 e. The fourth-order valence-corrected chi connectivity index (χ4v) is 1.55. The van der Waals surface area contributed by atoms with Crippen molar-refractivity contribution < 1.29 is 13.9 Å². The molecule has 0 bridgehead atoms. The van der Waals surface area contributed by atoms with Crippen molar-refractivity contribution in [2.75, 3.05) is 0 Å². The van der Waals surface area contributed by atoms with Crippen molar-refractivity contribution in [3.05, 3.63) is 53.5 Å². The second-order valence-electron chi connectivity index (χ2n) is 3.71. The molecule has 0 fully saturated rings. The van der Waals surface area contributed by atoms with Crippen LogP contribution in [-0.2, 0) is 13.0 Å². The maximum Gasteiger partial charge on any atom is 0.185 e. The van der Waals surface area contributed by atoms with Gasteiger partial charge >= 0.3 is 0 Å². The normalized spacial score (nSPS) is 10.2. The molecule has 0 atom stereocenters. The molecule has 0 aliphatic heterocycles. The topological polar surface area (TPSA) is 39.4 Å². The zero-order chi connectivity index (χ0) is 12.1. The monoisotopic (exact) mass is 230 g/mol. The minimum Gasteiger partial charge on any atom is -0.486 e. The first-order valence-electron chi connectivity index (χ1n) is 5.57. The zero-order valence-electron chi connectivity index (χ0n) is 9.68. The number of hydrogen-bond donors (Lipinski definition) is 0. The summed E-state index contributed by atoms with van der Waals surface area (Å²) in [7, 11) is 0. The molecule has 1 heterocycles. The summed E-state index contributed by atoms with van der Waals surface area (Å²) < 4.78 is 10.8. The maximum absolute atomic E-state index is 10.4. The van der Waals surface area contributed by atoms with Crippen LogP contribution in [0, 0.1) is 0 Å². The van der Waals surface area contributed by atoms with Gasteiger partial charge in [0.2, 0.25) is 0 Å². The number of aryl methyl sites for hydroxylation is 1. The quantitative estimate of drug-likeness (QED) is 0.740. The molecule has 3 nitrogen and oxygen atoms in total.